The molecular formula is C32H100N6O2Si12Sm3. The second-order valence-corrected chi connectivity index (χ2v) is 50.1. The Hall–Kier alpha value is 6.30. The van der Waals surface area contributed by atoms with Gasteiger partial charge in [-0.25, -0.2) is 0 Å². The fourth-order valence-electron chi connectivity index (χ4n) is 4.60. The monoisotopic (exact) mass is 1390 g/mol. The summed E-state index contributed by atoms with van der Waals surface area (Å²) in [6.45, 7) is 58.5. The molecular weight excluding hydrogens is 1290 g/mol. The van der Waals surface area contributed by atoms with Crippen LogP contribution >= 0.6 is 0 Å². The molecule has 2 radical (unpaired) electrons. The van der Waals surface area contributed by atoms with Crippen molar-refractivity contribution in [3.8, 4) is 0 Å². The first-order valence-electron chi connectivity index (χ1n) is 21.1. The molecule has 0 aromatic carbocycles. The molecule has 0 aliphatic carbocycles. The fraction of sp³-hybridized carbons (Fsp3) is 1.00. The van der Waals surface area contributed by atoms with Gasteiger partial charge in [0.05, 0.1) is 0 Å². The van der Waals surface area contributed by atoms with Crippen LogP contribution in [0.5, 0.6) is 0 Å². The predicted molar refractivity (Wildman–Crippen MR) is 287 cm³/mol. The molecule has 2 rings (SSSR count). The third-order valence-corrected chi connectivity index (χ3v) is 33.9. The summed E-state index contributed by atoms with van der Waals surface area (Å²) in [5.41, 5.74) is 0. The molecule has 0 aromatic heterocycles. The average molecular weight is 1390 g/mol. The molecule has 2 fully saturated rings. The van der Waals surface area contributed by atoms with Gasteiger partial charge in [0.1, 0.15) is 0 Å². The average Bonchev–Trinajstić information content (AvgIpc) is 3.66. The van der Waals surface area contributed by atoms with Crippen LogP contribution in [-0.4, -0.2) is 134 Å². The first-order chi connectivity index (χ1) is 23.8. The zero-order chi connectivity index (χ0) is 42.2. The van der Waals surface area contributed by atoms with Crippen LogP contribution < -0.4 is 0 Å². The van der Waals surface area contributed by atoms with E-state index in [2.05, 4.69) is 185 Å². The second kappa shape index (κ2) is 62.4. The maximum atomic E-state index is 4.94. The van der Waals surface area contributed by atoms with E-state index in [-0.39, 0.29) is 121 Å². The normalized spacial score (nSPS) is 12.9. The van der Waals surface area contributed by atoms with Crippen molar-refractivity contribution < 1.29 is 131 Å². The van der Waals surface area contributed by atoms with Crippen LogP contribution in [0, 0.1) is 121 Å². The van der Waals surface area contributed by atoms with Gasteiger partial charge in [0.15, 0.2) is 0 Å². The topological polar surface area (TPSA) is 103 Å². The molecule has 2 aliphatic rings. The molecule has 0 unspecified atom stereocenters. The summed E-state index contributed by atoms with van der Waals surface area (Å²) in [5, 5.41) is 0. The Labute approximate surface area is 467 Å². The van der Waals surface area contributed by atoms with Crippen LogP contribution in [0.25, 0.3) is 27.9 Å². The molecule has 0 bridgehead atoms. The summed E-state index contributed by atoms with van der Waals surface area (Å²) in [6, 6.07) is 0. The Bertz CT molecular complexity index is 484. The summed E-state index contributed by atoms with van der Waals surface area (Å²) >= 11 is 0. The van der Waals surface area contributed by atoms with Gasteiger partial charge in [-0.15, -0.1) is 0 Å². The molecule has 55 heavy (non-hydrogen) atoms. The molecule has 0 atom stereocenters. The minimum Gasteiger partial charge on any atom is -0.672 e. The van der Waals surface area contributed by atoms with Gasteiger partial charge in [-0.05, 0) is 25.7 Å². The van der Waals surface area contributed by atoms with Crippen molar-refractivity contribution in [3.05, 3.63) is 27.9 Å². The van der Waals surface area contributed by atoms with Crippen molar-refractivity contribution in [2.45, 2.75) is 183 Å². The molecule has 0 aromatic rings. The number of ether oxygens (including phenoxy) is 2. The first-order valence-corrected chi connectivity index (χ1v) is 55.0. The van der Waals surface area contributed by atoms with Crippen molar-refractivity contribution in [1.29, 1.82) is 0 Å². The standard InChI is InChI=1S/6C4H14NSi2.2C4H8O.3Sm/c6*1-6(2)5-7(3)4;2*1-2-4-5-3-1;;;/h6*6-7H,1-4H3;2*1-4H2;;;/q6*-1;;;;2*+3. The summed E-state index contributed by atoms with van der Waals surface area (Å²) in [5.74, 6) is 0. The third kappa shape index (κ3) is 126. The van der Waals surface area contributed by atoms with E-state index in [1.165, 1.54) is 25.7 Å². The minimum absolute atomic E-state index is 0. The van der Waals surface area contributed by atoms with E-state index in [0.717, 1.165) is 26.4 Å². The largest absolute Gasteiger partial charge is 3.00 e. The van der Waals surface area contributed by atoms with Gasteiger partial charge < -0.3 is 37.4 Å². The quantitative estimate of drug-likeness (QED) is 0.182. The molecule has 2 saturated heterocycles. The van der Waals surface area contributed by atoms with Gasteiger partial charge in [0.25, 0.3) is 0 Å². The van der Waals surface area contributed by atoms with Gasteiger partial charge in [-0.2, -0.15) is 0 Å². The molecule has 8 nitrogen and oxygen atoms in total. The molecule has 23 heteroatoms. The summed E-state index contributed by atoms with van der Waals surface area (Å²) in [4.78, 5) is 0. The van der Waals surface area contributed by atoms with E-state index in [4.69, 9.17) is 9.47 Å². The van der Waals surface area contributed by atoms with E-state index in [1.54, 1.807) is 0 Å². The summed E-state index contributed by atoms with van der Waals surface area (Å²) in [6.07, 6.45) is 5.11. The molecule has 336 valence electrons. The van der Waals surface area contributed by atoms with Crippen LogP contribution in [0.4, 0.5) is 0 Å². The summed E-state index contributed by atoms with van der Waals surface area (Å²) < 4.78 is 37.2. The van der Waals surface area contributed by atoms with Crippen LogP contribution in [0.3, 0.4) is 0 Å². The van der Waals surface area contributed by atoms with E-state index in [0.29, 0.717) is 0 Å². The minimum atomic E-state index is -0.542. The molecule has 0 saturated carbocycles. The van der Waals surface area contributed by atoms with Crippen molar-refractivity contribution in [3.63, 3.8) is 0 Å². The Morgan fingerprint density at radius 1 is 0.236 bits per heavy atom. The third-order valence-electron chi connectivity index (χ3n) is 5.23. The maximum Gasteiger partial charge on any atom is 3.00 e. The molecule has 2 heterocycles. The zero-order valence-electron chi connectivity index (χ0n) is 41.3. The first kappa shape index (κ1) is 81.5. The van der Waals surface area contributed by atoms with Crippen molar-refractivity contribution >= 4 is 107 Å². The van der Waals surface area contributed by atoms with Crippen molar-refractivity contribution in [1.82, 2.24) is 0 Å². The molecule has 2 aliphatic heterocycles. The Kier molecular flexibility index (Phi) is 92.4. The Balaban J connectivity index is -0.0000000624. The van der Waals surface area contributed by atoms with Gasteiger partial charge >= 0.3 is 80.8 Å². The van der Waals surface area contributed by atoms with Crippen LogP contribution in [0.2, 0.25) is 157 Å². The maximum absolute atomic E-state index is 4.94. The van der Waals surface area contributed by atoms with E-state index < -0.39 is 107 Å². The second-order valence-electron chi connectivity index (χ2n) is 16.7. The molecule has 0 amide bonds. The van der Waals surface area contributed by atoms with E-state index >= 15 is 0 Å². The van der Waals surface area contributed by atoms with Crippen LogP contribution in [0.15, 0.2) is 0 Å². The molecule has 0 spiro atoms. The Morgan fingerprint density at radius 3 is 0.345 bits per heavy atom. The number of nitrogens with zero attached hydrogens (tertiary/aromatic N) is 6. The van der Waals surface area contributed by atoms with E-state index in [9.17, 15) is 0 Å². The van der Waals surface area contributed by atoms with Gasteiger partial charge in [0, 0.05) is 66.8 Å². The number of hydrogen-bond donors (Lipinski definition) is 0. The summed E-state index contributed by atoms with van der Waals surface area (Å²) in [7, 11) is -6.50. The zero-order valence-corrected chi connectivity index (χ0v) is 63.0. The smallest absolute Gasteiger partial charge is 0.672 e. The van der Waals surface area contributed by atoms with Crippen molar-refractivity contribution in [2.24, 2.45) is 0 Å². The van der Waals surface area contributed by atoms with E-state index in [1.807, 2.05) is 0 Å². The SMILES string of the molecule is C1CCOC1.C1CCOC1.C[SiH](C)[N-][SiH](C)C.C[SiH](C)[N-][SiH](C)C.C[SiH](C)[N-][SiH](C)C.C[SiH](C)[N-][SiH](C)C.C[SiH](C)[N-][SiH](C)C.C[SiH](C)[N-][SiH](C)C.[Sm+3].[Sm+3].[Sm]. The fourth-order valence-corrected chi connectivity index (χ4v) is 33.2. The predicted octanol–water partition coefficient (Wildman–Crippen LogP) is 9.56. The van der Waals surface area contributed by atoms with Gasteiger partial charge in [-0.1, -0.05) is 265 Å². The Morgan fingerprint density at radius 2 is 0.327 bits per heavy atom. The van der Waals surface area contributed by atoms with Crippen LogP contribution in [0.1, 0.15) is 25.7 Å². The van der Waals surface area contributed by atoms with Crippen LogP contribution in [-0.2, 0) is 9.47 Å². The van der Waals surface area contributed by atoms with Crippen molar-refractivity contribution in [2.75, 3.05) is 26.4 Å². The number of rotatable bonds is 12. The molecule has 0 N–H and O–H groups in total. The number of hydrogen-bond acceptors (Lipinski definition) is 2. The van der Waals surface area contributed by atoms with Gasteiger partial charge in [-0.3, -0.25) is 0 Å². The van der Waals surface area contributed by atoms with Gasteiger partial charge in [0.2, 0.25) is 0 Å².